The molecular weight excluding hydrogens is 945 g/mol. The lowest BCUT2D eigenvalue weighted by atomic mass is 9.76. The van der Waals surface area contributed by atoms with E-state index in [1.165, 1.54) is 0 Å². The van der Waals surface area contributed by atoms with E-state index in [4.69, 9.17) is 4.98 Å². The molecule has 0 spiro atoms. The van der Waals surface area contributed by atoms with E-state index in [0.717, 1.165) is 113 Å². The second-order valence-corrected chi connectivity index (χ2v) is 22.1. The molecule has 3 atom stereocenters. The molecule has 3 aromatic carbocycles. The van der Waals surface area contributed by atoms with Gasteiger partial charge in [-0.3, -0.25) is 29.1 Å². The van der Waals surface area contributed by atoms with E-state index in [0.29, 0.717) is 50.9 Å². The number of aryl methyl sites for hydroxylation is 2. The molecule has 388 valence electrons. The summed E-state index contributed by atoms with van der Waals surface area (Å²) in [6.07, 6.45) is 11.6. The predicted molar refractivity (Wildman–Crippen MR) is 291 cm³/mol. The van der Waals surface area contributed by atoms with Crippen molar-refractivity contribution in [3.8, 4) is 21.7 Å². The highest BCUT2D eigenvalue weighted by Crippen LogP contribution is 2.35. The van der Waals surface area contributed by atoms with Gasteiger partial charge in [-0.15, -0.1) is 11.3 Å². The topological polar surface area (TPSA) is 162 Å². The van der Waals surface area contributed by atoms with Crippen LogP contribution in [0.1, 0.15) is 122 Å². The molecule has 0 aliphatic carbocycles. The Balaban J connectivity index is 0.712. The van der Waals surface area contributed by atoms with Crippen LogP contribution in [-0.2, 0) is 40.3 Å². The Morgan fingerprint density at radius 1 is 0.811 bits per heavy atom. The molecule has 3 aromatic heterocycles. The first-order valence-corrected chi connectivity index (χ1v) is 27.2. The summed E-state index contributed by atoms with van der Waals surface area (Å²) >= 11 is 1.60. The number of rotatable bonds is 21. The number of piperazine rings is 1. The van der Waals surface area contributed by atoms with Gasteiger partial charge in [0.05, 0.1) is 27.9 Å². The summed E-state index contributed by atoms with van der Waals surface area (Å²) in [5.41, 5.74) is 11.4. The van der Waals surface area contributed by atoms with Gasteiger partial charge in [-0.05, 0) is 83.7 Å². The van der Waals surface area contributed by atoms with Gasteiger partial charge >= 0.3 is 0 Å². The van der Waals surface area contributed by atoms with Crippen LogP contribution in [0.3, 0.4) is 0 Å². The largest absolute Gasteiger partial charge is 0.391 e. The number of aliphatic hydroxyl groups excluding tert-OH is 1. The minimum absolute atomic E-state index is 0.0637. The van der Waals surface area contributed by atoms with E-state index in [2.05, 4.69) is 65.0 Å². The highest BCUT2D eigenvalue weighted by Gasteiger charge is 2.43. The Bertz CT molecular complexity index is 2840. The van der Waals surface area contributed by atoms with Crippen LogP contribution >= 0.6 is 11.3 Å². The molecule has 0 saturated carbocycles. The predicted octanol–water partition coefficient (Wildman–Crippen LogP) is 9.61. The molecule has 0 radical (unpaired) electrons. The molecule has 2 aliphatic heterocycles. The molecule has 0 bridgehead atoms. The number of nitrogens with one attached hydrogen (secondary N) is 1. The van der Waals surface area contributed by atoms with Gasteiger partial charge < -0.3 is 20.2 Å². The number of aromatic nitrogens is 4. The number of unbranched alkanes of at least 4 members (excludes halogenated alkanes) is 4. The van der Waals surface area contributed by atoms with Crippen LogP contribution in [0.5, 0.6) is 0 Å². The van der Waals surface area contributed by atoms with E-state index < -0.39 is 12.1 Å². The van der Waals surface area contributed by atoms with Crippen LogP contribution in [0.15, 0.2) is 109 Å². The van der Waals surface area contributed by atoms with E-state index >= 15 is 0 Å². The van der Waals surface area contributed by atoms with Crippen molar-refractivity contribution in [2.24, 2.45) is 11.3 Å². The van der Waals surface area contributed by atoms with Gasteiger partial charge in [0, 0.05) is 107 Å². The summed E-state index contributed by atoms with van der Waals surface area (Å²) in [5.74, 6) is 0.417. The molecule has 5 heterocycles. The fourth-order valence-corrected chi connectivity index (χ4v) is 11.1. The van der Waals surface area contributed by atoms with Crippen molar-refractivity contribution in [2.45, 2.75) is 124 Å². The average Bonchev–Trinajstić information content (AvgIpc) is 4.02. The highest BCUT2D eigenvalue weighted by molar-refractivity contribution is 7.13. The van der Waals surface area contributed by atoms with Gasteiger partial charge in [0.1, 0.15) is 11.9 Å². The van der Waals surface area contributed by atoms with Gasteiger partial charge in [0.15, 0.2) is 5.78 Å². The van der Waals surface area contributed by atoms with Gasteiger partial charge in [0.2, 0.25) is 17.7 Å². The van der Waals surface area contributed by atoms with Crippen LogP contribution in [0.2, 0.25) is 0 Å². The number of likely N-dealkylation sites (tertiary alicyclic amines) is 1. The highest BCUT2D eigenvalue weighted by atomic mass is 32.1. The second-order valence-electron chi connectivity index (χ2n) is 21.3. The second kappa shape index (κ2) is 25.2. The van der Waals surface area contributed by atoms with E-state index in [-0.39, 0.29) is 47.8 Å². The molecule has 2 N–H and O–H groups in total. The number of hydrogen-bond acceptors (Lipinski definition) is 11. The number of hydrogen-bond donors (Lipinski definition) is 2. The molecule has 8 rings (SSSR count). The van der Waals surface area contributed by atoms with Gasteiger partial charge in [-0.25, -0.2) is 15.0 Å². The molecule has 3 amide bonds. The summed E-state index contributed by atoms with van der Waals surface area (Å²) in [6, 6.07) is 27.3. The molecule has 74 heavy (non-hydrogen) atoms. The van der Waals surface area contributed by atoms with Crippen molar-refractivity contribution in [1.82, 2.24) is 40.0 Å². The molecule has 14 heteroatoms. The number of aliphatic hydroxyl groups is 1. The Kier molecular flexibility index (Phi) is 18.3. The molecule has 0 unspecified atom stereocenters. The zero-order chi connectivity index (χ0) is 52.2. The maximum absolute atomic E-state index is 14.1. The number of thiazole rings is 1. The van der Waals surface area contributed by atoms with E-state index in [1.807, 2.05) is 90.1 Å². The minimum atomic E-state index is -0.740. The number of pyridine rings is 1. The van der Waals surface area contributed by atoms with Crippen molar-refractivity contribution in [1.29, 1.82) is 0 Å². The quantitative estimate of drug-likeness (QED) is 0.0525. The first kappa shape index (κ1) is 53.8. The van der Waals surface area contributed by atoms with Gasteiger partial charge in [-0.1, -0.05) is 113 Å². The van der Waals surface area contributed by atoms with Crippen molar-refractivity contribution >= 4 is 34.8 Å². The maximum Gasteiger partial charge on any atom is 0.243 e. The summed E-state index contributed by atoms with van der Waals surface area (Å²) in [4.78, 5) is 79.3. The average molecular weight is 1020 g/mol. The van der Waals surface area contributed by atoms with Crippen LogP contribution in [0, 0.1) is 25.2 Å². The normalized spacial score (nSPS) is 16.6. The van der Waals surface area contributed by atoms with Crippen LogP contribution in [0.4, 0.5) is 0 Å². The molecular formula is C60H72N8O5S. The van der Waals surface area contributed by atoms with Crippen molar-refractivity contribution in [2.75, 3.05) is 32.7 Å². The molecule has 2 fully saturated rings. The first-order valence-electron chi connectivity index (χ1n) is 26.4. The van der Waals surface area contributed by atoms with E-state index in [1.54, 1.807) is 34.8 Å². The van der Waals surface area contributed by atoms with Crippen molar-refractivity contribution in [3.63, 3.8) is 0 Å². The molecule has 2 saturated heterocycles. The summed E-state index contributed by atoms with van der Waals surface area (Å²) in [5, 5.41) is 13.7. The van der Waals surface area contributed by atoms with Crippen molar-refractivity contribution in [3.05, 3.63) is 154 Å². The van der Waals surface area contributed by atoms with Crippen LogP contribution in [0.25, 0.3) is 21.7 Å². The maximum atomic E-state index is 14.1. The lowest BCUT2D eigenvalue weighted by molar-refractivity contribution is -0.145. The van der Waals surface area contributed by atoms with Crippen LogP contribution < -0.4 is 5.32 Å². The standard InChI is InChI=1S/C60H72N8O5S/c1-41-15-16-45(32-49(41)34-55-62-27-25-52(65-55)48-12-11-26-61-37-48)33-54(70)46-21-19-44(20-22-46)38-66-28-30-67(31-29-66)56(71)14-10-8-6-7-9-13-51(60(3,4)5)59(73)68-39-50(69)35-53(68)58(72)63-36-43-17-23-47(24-18-43)57-42(2)64-40-74-57/h11-12,15-27,32,37,40,50-51,53,69H,6-10,13-14,28-31,33-36,38-39H2,1-5H3,(H,63,72)/t50-,51-,53+/m1/s1. The number of carbonyl (C=O) groups excluding carboxylic acids is 4. The zero-order valence-electron chi connectivity index (χ0n) is 43.8. The molecule has 2 aliphatic rings. The number of Topliss-reactive ketones (excluding diaryl/α,β-unsaturated/α-hetero) is 1. The fourth-order valence-electron chi connectivity index (χ4n) is 10.3. The monoisotopic (exact) mass is 1020 g/mol. The lowest BCUT2D eigenvalue weighted by Crippen LogP contribution is -2.49. The summed E-state index contributed by atoms with van der Waals surface area (Å²) < 4.78 is 0. The number of carbonyl (C=O) groups is 4. The zero-order valence-corrected chi connectivity index (χ0v) is 44.6. The smallest absolute Gasteiger partial charge is 0.243 e. The number of amides is 3. The van der Waals surface area contributed by atoms with Gasteiger partial charge in [-0.2, -0.15) is 0 Å². The molecule has 6 aromatic rings. The third-order valence-corrected chi connectivity index (χ3v) is 15.7. The Labute approximate surface area is 440 Å². The number of ketones is 1. The minimum Gasteiger partial charge on any atom is -0.391 e. The summed E-state index contributed by atoms with van der Waals surface area (Å²) in [6.45, 7) is 14.6. The Hall–Kier alpha value is -6.48. The third-order valence-electron chi connectivity index (χ3n) is 14.7. The number of nitrogens with zero attached hydrogens (tertiary/aromatic N) is 7. The van der Waals surface area contributed by atoms with Crippen LogP contribution in [-0.4, -0.2) is 108 Å². The SMILES string of the molecule is Cc1ccc(CC(=O)c2ccc(CN3CCN(C(=O)CCCCCCC[C@H](C(=O)N4C[C@H](O)C[C@H]4C(=O)NCc4ccc(-c5scnc5C)cc4)C(C)(C)C)CC3)cc2)cc1Cc1nccc(-c2cccnc2)n1. The molecule has 13 nitrogen and oxygen atoms in total. The van der Waals surface area contributed by atoms with Gasteiger partial charge in [0.25, 0.3) is 0 Å². The van der Waals surface area contributed by atoms with E-state index in [9.17, 15) is 24.3 Å². The number of benzene rings is 3. The Morgan fingerprint density at radius 3 is 2.26 bits per heavy atom. The van der Waals surface area contributed by atoms with Crippen molar-refractivity contribution < 1.29 is 24.3 Å². The fraction of sp³-hybridized carbons (Fsp3) is 0.433. The number of β-amino-alcohol motifs (C(OH)–C–C–N with tert-alkyl or cyclic N) is 1. The Morgan fingerprint density at radius 2 is 1.54 bits per heavy atom. The summed E-state index contributed by atoms with van der Waals surface area (Å²) in [7, 11) is 0. The third kappa shape index (κ3) is 14.4. The first-order chi connectivity index (χ1) is 35.7. The lowest BCUT2D eigenvalue weighted by Gasteiger charge is -2.35.